The smallest absolute Gasteiger partial charge is 0.245 e. The van der Waals surface area contributed by atoms with E-state index in [1.807, 2.05) is 13.8 Å². The molecule has 9 heteroatoms. The van der Waals surface area contributed by atoms with Crippen molar-refractivity contribution in [3.8, 4) is 0 Å². The lowest BCUT2D eigenvalue weighted by molar-refractivity contribution is -0.142. The molecule has 0 aromatic rings. The van der Waals surface area contributed by atoms with Crippen LogP contribution in [0.5, 0.6) is 0 Å². The van der Waals surface area contributed by atoms with Crippen molar-refractivity contribution in [1.82, 2.24) is 15.5 Å². The van der Waals surface area contributed by atoms with Crippen LogP contribution in [-0.2, 0) is 19.1 Å². The zero-order chi connectivity index (χ0) is 21.2. The second-order valence-electron chi connectivity index (χ2n) is 8.21. The van der Waals surface area contributed by atoms with Crippen LogP contribution in [-0.4, -0.2) is 76.5 Å². The zero-order valence-corrected chi connectivity index (χ0v) is 18.7. The molecule has 0 aliphatic carbocycles. The minimum atomic E-state index is -1.00. The molecule has 3 heterocycles. The van der Waals surface area contributed by atoms with Crippen LogP contribution in [0.1, 0.15) is 46.0 Å². The molecule has 3 saturated heterocycles. The molecule has 6 atom stereocenters. The highest BCUT2D eigenvalue weighted by Gasteiger charge is 2.76. The molecule has 29 heavy (non-hydrogen) atoms. The number of aliphatic hydroxyl groups is 1. The molecular weight excluding hydrogens is 442 g/mol. The van der Waals surface area contributed by atoms with E-state index in [2.05, 4.69) is 26.6 Å². The Morgan fingerprint density at radius 2 is 1.93 bits per heavy atom. The average Bonchev–Trinajstić information content (AvgIpc) is 3.28. The third kappa shape index (κ3) is 3.81. The number of rotatable bonds is 10. The van der Waals surface area contributed by atoms with Crippen LogP contribution in [0.4, 0.5) is 0 Å². The summed E-state index contributed by atoms with van der Waals surface area (Å²) in [5.41, 5.74) is -1.00. The molecule has 3 aliphatic rings. The molecular formula is C20H32BrN3O5. The fourth-order valence-corrected chi connectivity index (χ4v) is 6.01. The summed E-state index contributed by atoms with van der Waals surface area (Å²) in [5.74, 6) is -1.92. The highest BCUT2D eigenvalue weighted by Crippen LogP contribution is 2.59. The Labute approximate surface area is 180 Å². The van der Waals surface area contributed by atoms with Crippen molar-refractivity contribution in [3.05, 3.63) is 0 Å². The largest absolute Gasteiger partial charge is 0.396 e. The van der Waals surface area contributed by atoms with Gasteiger partial charge in [-0.2, -0.15) is 0 Å². The Kier molecular flexibility index (Phi) is 7.22. The van der Waals surface area contributed by atoms with Crippen LogP contribution >= 0.6 is 15.9 Å². The summed E-state index contributed by atoms with van der Waals surface area (Å²) in [6, 6.07) is -0.780. The van der Waals surface area contributed by atoms with Crippen molar-refractivity contribution < 1.29 is 24.2 Å². The van der Waals surface area contributed by atoms with Crippen LogP contribution in [0.25, 0.3) is 0 Å². The number of carbonyl (C=O) groups is 3. The third-order valence-electron chi connectivity index (χ3n) is 6.28. The lowest BCUT2D eigenvalue weighted by Crippen LogP contribution is -2.56. The first-order valence-electron chi connectivity index (χ1n) is 10.7. The first kappa shape index (κ1) is 22.5. The summed E-state index contributed by atoms with van der Waals surface area (Å²) in [5, 5.41) is 15.1. The Hall–Kier alpha value is -1.19. The molecule has 0 aromatic heterocycles. The standard InChI is InChI=1S/C20H32BrN3O5/c1-3-5-8-23-18(27)16-20-11-12(21)15(29-20)13(17(26)22-7-4-2)14(20)19(28)24(16)9-6-10-25/h12-16,25H,3-11H2,1-2H3,(H,22,26)(H,23,27)/t12?,13-,14-,15-,16?,20?/m0/s1. The first-order valence-corrected chi connectivity index (χ1v) is 11.6. The number of carbonyl (C=O) groups excluding carboxylic acids is 3. The number of fused-ring (bicyclic) bond motifs is 1. The lowest BCUT2D eigenvalue weighted by Gasteiger charge is -2.34. The molecule has 8 nitrogen and oxygen atoms in total. The van der Waals surface area contributed by atoms with Gasteiger partial charge in [0.15, 0.2) is 0 Å². The maximum atomic E-state index is 13.4. The molecule has 1 spiro atoms. The van der Waals surface area contributed by atoms with Gasteiger partial charge in [-0.15, -0.1) is 0 Å². The number of nitrogens with zero attached hydrogens (tertiary/aromatic N) is 1. The number of likely N-dealkylation sites (tertiary alicyclic amines) is 1. The minimum absolute atomic E-state index is 0.0728. The maximum absolute atomic E-state index is 13.4. The fraction of sp³-hybridized carbons (Fsp3) is 0.850. The highest BCUT2D eigenvalue weighted by atomic mass is 79.9. The van der Waals surface area contributed by atoms with Crippen molar-refractivity contribution in [3.63, 3.8) is 0 Å². The van der Waals surface area contributed by atoms with Crippen molar-refractivity contribution in [1.29, 1.82) is 0 Å². The summed E-state index contributed by atoms with van der Waals surface area (Å²) in [7, 11) is 0. The number of hydrogen-bond acceptors (Lipinski definition) is 5. The van der Waals surface area contributed by atoms with Gasteiger partial charge >= 0.3 is 0 Å². The normalized spacial score (nSPS) is 35.1. The number of aliphatic hydroxyl groups excluding tert-OH is 1. The van der Waals surface area contributed by atoms with Crippen LogP contribution < -0.4 is 10.6 Å². The molecule has 164 valence electrons. The summed E-state index contributed by atoms with van der Waals surface area (Å²) in [6.45, 7) is 5.29. The van der Waals surface area contributed by atoms with E-state index in [0.29, 0.717) is 25.9 Å². The minimum Gasteiger partial charge on any atom is -0.396 e. The second kappa shape index (κ2) is 9.31. The van der Waals surface area contributed by atoms with Crippen molar-refractivity contribution in [2.24, 2.45) is 11.8 Å². The van der Waals surface area contributed by atoms with Gasteiger partial charge in [0, 0.05) is 31.1 Å². The van der Waals surface area contributed by atoms with Crippen LogP contribution in [0.3, 0.4) is 0 Å². The van der Waals surface area contributed by atoms with Crippen LogP contribution in [0.15, 0.2) is 0 Å². The number of halogens is 1. The molecule has 3 N–H and O–H groups in total. The molecule has 0 aromatic carbocycles. The van der Waals surface area contributed by atoms with Gasteiger partial charge < -0.3 is 25.4 Å². The quantitative estimate of drug-likeness (QED) is 0.317. The average molecular weight is 474 g/mol. The summed E-state index contributed by atoms with van der Waals surface area (Å²) < 4.78 is 6.34. The van der Waals surface area contributed by atoms with E-state index in [9.17, 15) is 19.5 Å². The molecule has 3 fully saturated rings. The van der Waals surface area contributed by atoms with Crippen LogP contribution in [0.2, 0.25) is 0 Å². The maximum Gasteiger partial charge on any atom is 0.245 e. The Morgan fingerprint density at radius 3 is 2.59 bits per heavy atom. The van der Waals surface area contributed by atoms with Gasteiger partial charge in [0.2, 0.25) is 17.7 Å². The van der Waals surface area contributed by atoms with E-state index in [4.69, 9.17) is 4.74 Å². The molecule has 3 aliphatic heterocycles. The number of ether oxygens (including phenoxy) is 1. The Morgan fingerprint density at radius 1 is 1.21 bits per heavy atom. The van der Waals surface area contributed by atoms with Gasteiger partial charge in [0.25, 0.3) is 0 Å². The number of hydrogen-bond donors (Lipinski definition) is 3. The second-order valence-corrected chi connectivity index (χ2v) is 9.38. The number of amides is 3. The first-order chi connectivity index (χ1) is 13.9. The van der Waals surface area contributed by atoms with Crippen molar-refractivity contribution in [2.45, 2.75) is 68.5 Å². The topological polar surface area (TPSA) is 108 Å². The van der Waals surface area contributed by atoms with Gasteiger partial charge in [-0.1, -0.05) is 36.2 Å². The van der Waals surface area contributed by atoms with Gasteiger partial charge in [0.1, 0.15) is 11.6 Å². The van der Waals surface area contributed by atoms with E-state index in [0.717, 1.165) is 19.3 Å². The van der Waals surface area contributed by atoms with E-state index in [-0.39, 0.29) is 35.7 Å². The number of unbranched alkanes of at least 4 members (excludes halogenated alkanes) is 1. The molecule has 0 saturated carbocycles. The SMILES string of the molecule is CCCCNC(=O)C1N(CCCO)C(=O)[C@@H]2[C@H](C(=O)NCCC)[C@H]3OC12CC3Br. The van der Waals surface area contributed by atoms with E-state index in [1.54, 1.807) is 0 Å². The van der Waals surface area contributed by atoms with Gasteiger partial charge in [0.05, 0.1) is 17.9 Å². The number of alkyl halides is 1. The van der Waals surface area contributed by atoms with Crippen molar-refractivity contribution >= 4 is 33.7 Å². The molecule has 3 rings (SSSR count). The van der Waals surface area contributed by atoms with Crippen molar-refractivity contribution in [2.75, 3.05) is 26.2 Å². The highest BCUT2D eigenvalue weighted by molar-refractivity contribution is 9.09. The predicted octanol–water partition coefficient (Wildman–Crippen LogP) is 0.559. The Balaban J connectivity index is 1.92. The summed E-state index contributed by atoms with van der Waals surface area (Å²) >= 11 is 3.63. The third-order valence-corrected chi connectivity index (χ3v) is 7.12. The van der Waals surface area contributed by atoms with E-state index in [1.165, 1.54) is 4.90 Å². The van der Waals surface area contributed by atoms with E-state index < -0.39 is 29.6 Å². The summed E-state index contributed by atoms with van der Waals surface area (Å²) in [4.78, 5) is 40.9. The fourth-order valence-electron chi connectivity index (χ4n) is 5.06. The zero-order valence-electron chi connectivity index (χ0n) is 17.2. The van der Waals surface area contributed by atoms with Crippen LogP contribution in [0, 0.1) is 11.8 Å². The predicted molar refractivity (Wildman–Crippen MR) is 110 cm³/mol. The van der Waals surface area contributed by atoms with Gasteiger partial charge in [-0.3, -0.25) is 14.4 Å². The molecule has 0 radical (unpaired) electrons. The Bertz CT molecular complexity index is 648. The molecule has 3 amide bonds. The monoisotopic (exact) mass is 473 g/mol. The summed E-state index contributed by atoms with van der Waals surface area (Å²) in [6.07, 6.45) is 3.07. The lowest BCUT2D eigenvalue weighted by atomic mass is 9.70. The van der Waals surface area contributed by atoms with Gasteiger partial charge in [-0.05, 0) is 25.7 Å². The van der Waals surface area contributed by atoms with E-state index >= 15 is 0 Å². The van der Waals surface area contributed by atoms with Gasteiger partial charge in [-0.25, -0.2) is 0 Å². The molecule has 2 bridgehead atoms. The number of nitrogens with one attached hydrogen (secondary N) is 2. The molecule has 3 unspecified atom stereocenters.